The van der Waals surface area contributed by atoms with Crippen LogP contribution < -0.4 is 4.74 Å². The van der Waals surface area contributed by atoms with Gasteiger partial charge in [0.1, 0.15) is 5.75 Å². The Balaban J connectivity index is 1.96. The van der Waals surface area contributed by atoms with Crippen LogP contribution in [-0.2, 0) is 4.84 Å². The molecule has 0 fully saturated rings. The lowest BCUT2D eigenvalue weighted by molar-refractivity contribution is 0.0518. The Morgan fingerprint density at radius 2 is 1.90 bits per heavy atom. The Kier molecular flexibility index (Phi) is 5.74. The van der Waals surface area contributed by atoms with E-state index in [1.165, 1.54) is 6.21 Å². The van der Waals surface area contributed by atoms with Crippen molar-refractivity contribution in [3.05, 3.63) is 63.2 Å². The third kappa shape index (κ3) is 4.56. The average Bonchev–Trinajstić information content (AvgIpc) is 2.49. The number of hydrogen-bond donors (Lipinski definition) is 0. The summed E-state index contributed by atoms with van der Waals surface area (Å²) in [6.07, 6.45) is 1.49. The number of nitrogens with zero attached hydrogens (tertiary/aromatic N) is 1. The summed E-state index contributed by atoms with van der Waals surface area (Å²) in [7, 11) is 0. The molecule has 0 radical (unpaired) electrons. The zero-order chi connectivity index (χ0) is 15.1. The normalized spacial score (nSPS) is 10.6. The van der Waals surface area contributed by atoms with Gasteiger partial charge in [-0.3, -0.25) is 0 Å². The fraction of sp³-hybridized carbons (Fsp3) is 0.125. The molecule has 108 valence electrons. The molecule has 2 aromatic carbocycles. The first kappa shape index (κ1) is 15.5. The summed E-state index contributed by atoms with van der Waals surface area (Å²) in [6, 6.07) is 14.6. The van der Waals surface area contributed by atoms with E-state index in [9.17, 15) is 4.79 Å². The fourth-order valence-electron chi connectivity index (χ4n) is 1.63. The van der Waals surface area contributed by atoms with Gasteiger partial charge in [-0.1, -0.05) is 17.3 Å². The van der Waals surface area contributed by atoms with Crippen molar-refractivity contribution in [1.29, 1.82) is 0 Å². The Bertz CT molecular complexity index is 638. The zero-order valence-electron chi connectivity index (χ0n) is 11.5. The van der Waals surface area contributed by atoms with Crippen LogP contribution in [0.2, 0.25) is 0 Å². The minimum atomic E-state index is -0.470. The molecule has 0 aliphatic heterocycles. The summed E-state index contributed by atoms with van der Waals surface area (Å²) in [5.74, 6) is 0.327. The Hall–Kier alpha value is -1.89. The predicted octanol–water partition coefficient (Wildman–Crippen LogP) is 3.88. The molecule has 0 spiro atoms. The predicted molar refractivity (Wildman–Crippen MR) is 89.8 cm³/mol. The Labute approximate surface area is 136 Å². The van der Waals surface area contributed by atoms with Crippen molar-refractivity contribution in [2.24, 2.45) is 5.16 Å². The lowest BCUT2D eigenvalue weighted by atomic mass is 10.2. The monoisotopic (exact) mass is 395 g/mol. The van der Waals surface area contributed by atoms with E-state index in [-0.39, 0.29) is 0 Å². The molecular formula is C16H14INO3. The molecule has 0 saturated carbocycles. The van der Waals surface area contributed by atoms with Crippen LogP contribution >= 0.6 is 22.6 Å². The van der Waals surface area contributed by atoms with E-state index in [4.69, 9.17) is 9.57 Å². The number of ether oxygens (including phenoxy) is 1. The molecule has 0 aliphatic rings. The third-order valence-electron chi connectivity index (χ3n) is 2.62. The minimum absolute atomic E-state index is 0.470. The third-order valence-corrected chi connectivity index (χ3v) is 3.56. The topological polar surface area (TPSA) is 47.9 Å². The number of rotatable bonds is 5. The van der Waals surface area contributed by atoms with E-state index < -0.39 is 5.97 Å². The molecule has 0 heterocycles. The van der Waals surface area contributed by atoms with E-state index in [2.05, 4.69) is 27.7 Å². The summed E-state index contributed by atoms with van der Waals surface area (Å²) >= 11 is 2.08. The summed E-state index contributed by atoms with van der Waals surface area (Å²) in [5.41, 5.74) is 1.33. The molecule has 0 unspecified atom stereocenters. The average molecular weight is 395 g/mol. The van der Waals surface area contributed by atoms with Gasteiger partial charge in [-0.25, -0.2) is 4.79 Å². The van der Waals surface area contributed by atoms with Crippen molar-refractivity contribution < 1.29 is 14.4 Å². The van der Waals surface area contributed by atoms with E-state index >= 15 is 0 Å². The highest BCUT2D eigenvalue weighted by Gasteiger charge is 2.09. The smallest absolute Gasteiger partial charge is 0.366 e. The number of oxime groups is 1. The van der Waals surface area contributed by atoms with E-state index in [0.717, 1.165) is 14.9 Å². The molecule has 21 heavy (non-hydrogen) atoms. The van der Waals surface area contributed by atoms with Crippen LogP contribution in [0.1, 0.15) is 22.8 Å². The fourth-order valence-corrected chi connectivity index (χ4v) is 2.24. The summed E-state index contributed by atoms with van der Waals surface area (Å²) in [4.78, 5) is 16.7. The second-order valence-electron chi connectivity index (χ2n) is 4.10. The van der Waals surface area contributed by atoms with E-state index in [1.54, 1.807) is 12.1 Å². The number of carbonyl (C=O) groups excluding carboxylic acids is 1. The molecule has 2 aromatic rings. The quantitative estimate of drug-likeness (QED) is 0.334. The standard InChI is InChI=1S/C16H14INO3/c1-2-20-13-9-7-12(8-10-13)11-18-21-16(19)14-5-3-4-6-15(14)17/h3-11H,2H2,1H3. The molecule has 0 atom stereocenters. The minimum Gasteiger partial charge on any atom is -0.494 e. The van der Waals surface area contributed by atoms with Crippen molar-refractivity contribution in [1.82, 2.24) is 0 Å². The summed E-state index contributed by atoms with van der Waals surface area (Å²) in [6.45, 7) is 2.56. The Morgan fingerprint density at radius 1 is 1.19 bits per heavy atom. The van der Waals surface area contributed by atoms with Crippen LogP contribution in [0.4, 0.5) is 0 Å². The van der Waals surface area contributed by atoms with Gasteiger partial charge in [0.2, 0.25) is 0 Å². The molecule has 0 aliphatic carbocycles. The van der Waals surface area contributed by atoms with Gasteiger partial charge in [-0.05, 0) is 71.5 Å². The van der Waals surface area contributed by atoms with E-state index in [0.29, 0.717) is 12.2 Å². The van der Waals surface area contributed by atoms with Gasteiger partial charge in [0.05, 0.1) is 18.4 Å². The largest absolute Gasteiger partial charge is 0.494 e. The molecule has 0 bridgehead atoms. The summed E-state index contributed by atoms with van der Waals surface area (Å²) in [5, 5.41) is 3.72. The number of hydrogen-bond acceptors (Lipinski definition) is 4. The highest BCUT2D eigenvalue weighted by Crippen LogP contribution is 2.13. The molecular weight excluding hydrogens is 381 g/mol. The van der Waals surface area contributed by atoms with Crippen molar-refractivity contribution >= 4 is 34.8 Å². The molecule has 2 rings (SSSR count). The lowest BCUT2D eigenvalue weighted by Crippen LogP contribution is -2.03. The van der Waals surface area contributed by atoms with Crippen molar-refractivity contribution in [2.75, 3.05) is 6.61 Å². The molecule has 0 aromatic heterocycles. The van der Waals surface area contributed by atoms with Crippen molar-refractivity contribution in [3.63, 3.8) is 0 Å². The number of halogens is 1. The highest BCUT2D eigenvalue weighted by atomic mass is 127. The maximum Gasteiger partial charge on any atom is 0.366 e. The summed E-state index contributed by atoms with van der Waals surface area (Å²) < 4.78 is 6.17. The number of benzene rings is 2. The molecule has 5 heteroatoms. The maximum atomic E-state index is 11.8. The van der Waals surface area contributed by atoms with E-state index in [1.807, 2.05) is 43.3 Å². The van der Waals surface area contributed by atoms with Crippen LogP contribution in [0.5, 0.6) is 5.75 Å². The number of carbonyl (C=O) groups is 1. The highest BCUT2D eigenvalue weighted by molar-refractivity contribution is 14.1. The first-order valence-electron chi connectivity index (χ1n) is 6.43. The van der Waals surface area contributed by atoms with Crippen LogP contribution in [0.15, 0.2) is 53.7 Å². The van der Waals surface area contributed by atoms with Gasteiger partial charge in [-0.15, -0.1) is 0 Å². The molecule has 0 saturated heterocycles. The molecule has 4 nitrogen and oxygen atoms in total. The van der Waals surface area contributed by atoms with Gasteiger partial charge >= 0.3 is 5.97 Å². The van der Waals surface area contributed by atoms with Gasteiger partial charge in [0, 0.05) is 3.57 Å². The van der Waals surface area contributed by atoms with Crippen LogP contribution in [0, 0.1) is 3.57 Å². The second kappa shape index (κ2) is 7.78. The zero-order valence-corrected chi connectivity index (χ0v) is 13.6. The second-order valence-corrected chi connectivity index (χ2v) is 5.26. The van der Waals surface area contributed by atoms with Gasteiger partial charge < -0.3 is 9.57 Å². The van der Waals surface area contributed by atoms with Crippen LogP contribution in [-0.4, -0.2) is 18.8 Å². The van der Waals surface area contributed by atoms with Gasteiger partial charge in [0.15, 0.2) is 0 Å². The first-order chi connectivity index (χ1) is 10.2. The maximum absolute atomic E-state index is 11.8. The molecule has 0 N–H and O–H groups in total. The van der Waals surface area contributed by atoms with Crippen molar-refractivity contribution in [2.45, 2.75) is 6.92 Å². The first-order valence-corrected chi connectivity index (χ1v) is 7.50. The van der Waals surface area contributed by atoms with Crippen LogP contribution in [0.25, 0.3) is 0 Å². The SMILES string of the molecule is CCOc1ccc(C=NOC(=O)c2ccccc2I)cc1. The molecule has 0 amide bonds. The van der Waals surface area contributed by atoms with Crippen LogP contribution in [0.3, 0.4) is 0 Å². The lowest BCUT2D eigenvalue weighted by Gasteiger charge is -2.02. The van der Waals surface area contributed by atoms with Crippen molar-refractivity contribution in [3.8, 4) is 5.75 Å². The van der Waals surface area contributed by atoms with Gasteiger partial charge in [-0.2, -0.15) is 0 Å². The van der Waals surface area contributed by atoms with Gasteiger partial charge in [0.25, 0.3) is 0 Å². The Morgan fingerprint density at radius 3 is 2.57 bits per heavy atom.